The van der Waals surface area contributed by atoms with Gasteiger partial charge in [-0.15, -0.1) is 11.3 Å². The highest BCUT2D eigenvalue weighted by Crippen LogP contribution is 2.25. The first kappa shape index (κ1) is 13.3. The summed E-state index contributed by atoms with van der Waals surface area (Å²) in [5.74, 6) is 0. The molecule has 0 aliphatic carbocycles. The Morgan fingerprint density at radius 3 is 2.50 bits per heavy atom. The van der Waals surface area contributed by atoms with Gasteiger partial charge in [-0.2, -0.15) is 5.48 Å². The highest BCUT2D eigenvalue weighted by atomic mass is 32.1. The number of hydrogen-bond donors (Lipinski definition) is 1. The molecule has 0 aliphatic heterocycles. The standard InChI is InChI=1S/C15H19NOS/c1-15(2,3)17-16-10-14-9-13(11-18-14)12-7-5-4-6-8-12/h4-9,11,16H,10H2,1-3H3. The van der Waals surface area contributed by atoms with Crippen LogP contribution in [0.2, 0.25) is 0 Å². The van der Waals surface area contributed by atoms with Crippen molar-refractivity contribution in [1.82, 2.24) is 5.48 Å². The van der Waals surface area contributed by atoms with Crippen molar-refractivity contribution in [3.8, 4) is 11.1 Å². The molecule has 0 fully saturated rings. The van der Waals surface area contributed by atoms with E-state index < -0.39 is 0 Å². The minimum atomic E-state index is -0.153. The second-order valence-electron chi connectivity index (χ2n) is 5.20. The van der Waals surface area contributed by atoms with Gasteiger partial charge in [-0.1, -0.05) is 30.3 Å². The summed E-state index contributed by atoms with van der Waals surface area (Å²) in [7, 11) is 0. The average molecular weight is 261 g/mol. The Kier molecular flexibility index (Phi) is 4.17. The van der Waals surface area contributed by atoms with Gasteiger partial charge in [-0.25, -0.2) is 0 Å². The molecule has 2 rings (SSSR count). The second kappa shape index (κ2) is 5.65. The Hall–Kier alpha value is -1.16. The molecule has 0 aliphatic rings. The first-order valence-corrected chi connectivity index (χ1v) is 6.96. The van der Waals surface area contributed by atoms with Crippen molar-refractivity contribution in [2.75, 3.05) is 0 Å². The van der Waals surface area contributed by atoms with Crippen molar-refractivity contribution in [3.63, 3.8) is 0 Å². The van der Waals surface area contributed by atoms with Crippen LogP contribution in [-0.2, 0) is 11.4 Å². The maximum absolute atomic E-state index is 5.50. The van der Waals surface area contributed by atoms with Crippen molar-refractivity contribution in [2.45, 2.75) is 32.9 Å². The molecular formula is C15H19NOS. The van der Waals surface area contributed by atoms with Crippen LogP contribution >= 0.6 is 11.3 Å². The Bertz CT molecular complexity index is 485. The summed E-state index contributed by atoms with van der Waals surface area (Å²) in [4.78, 5) is 6.78. The highest BCUT2D eigenvalue weighted by molar-refractivity contribution is 7.10. The molecule has 2 nitrogen and oxygen atoms in total. The number of rotatable bonds is 4. The van der Waals surface area contributed by atoms with E-state index in [9.17, 15) is 0 Å². The van der Waals surface area contributed by atoms with Gasteiger partial charge in [0.05, 0.1) is 12.1 Å². The van der Waals surface area contributed by atoms with Crippen molar-refractivity contribution in [2.24, 2.45) is 0 Å². The summed E-state index contributed by atoms with van der Waals surface area (Å²) in [6.07, 6.45) is 0. The lowest BCUT2D eigenvalue weighted by molar-refractivity contribution is -0.0754. The lowest BCUT2D eigenvalue weighted by Crippen LogP contribution is -2.28. The molecule has 0 saturated carbocycles. The first-order chi connectivity index (χ1) is 8.54. The Labute approximate surface area is 113 Å². The molecule has 2 aromatic rings. The minimum absolute atomic E-state index is 0.153. The molecule has 0 spiro atoms. The molecule has 18 heavy (non-hydrogen) atoms. The van der Waals surface area contributed by atoms with Gasteiger partial charge >= 0.3 is 0 Å². The van der Waals surface area contributed by atoms with E-state index in [1.54, 1.807) is 11.3 Å². The van der Waals surface area contributed by atoms with Gasteiger partial charge in [0.25, 0.3) is 0 Å². The van der Waals surface area contributed by atoms with Crippen molar-refractivity contribution in [1.29, 1.82) is 0 Å². The van der Waals surface area contributed by atoms with Gasteiger partial charge in [-0.05, 0) is 43.3 Å². The monoisotopic (exact) mass is 261 g/mol. The summed E-state index contributed by atoms with van der Waals surface area (Å²) < 4.78 is 0. The molecule has 0 unspecified atom stereocenters. The van der Waals surface area contributed by atoms with Crippen LogP contribution in [0.4, 0.5) is 0 Å². The molecule has 1 heterocycles. The third-order valence-electron chi connectivity index (χ3n) is 2.39. The summed E-state index contributed by atoms with van der Waals surface area (Å²) >= 11 is 1.75. The maximum Gasteiger partial charge on any atom is 0.0813 e. The Morgan fingerprint density at radius 1 is 1.11 bits per heavy atom. The molecule has 0 amide bonds. The largest absolute Gasteiger partial charge is 0.296 e. The van der Waals surface area contributed by atoms with Crippen molar-refractivity contribution < 1.29 is 4.84 Å². The zero-order valence-electron chi connectivity index (χ0n) is 11.1. The lowest BCUT2D eigenvalue weighted by Gasteiger charge is -2.18. The SMILES string of the molecule is CC(C)(C)ONCc1cc(-c2ccccc2)cs1. The molecule has 96 valence electrons. The molecular weight excluding hydrogens is 242 g/mol. The van der Waals surface area contributed by atoms with Crippen LogP contribution in [0, 0.1) is 0 Å². The number of hydroxylamine groups is 1. The summed E-state index contributed by atoms with van der Waals surface area (Å²) in [5.41, 5.74) is 5.40. The number of thiophene rings is 1. The molecule has 0 radical (unpaired) electrons. The van der Waals surface area contributed by atoms with Gasteiger partial charge in [0.2, 0.25) is 0 Å². The quantitative estimate of drug-likeness (QED) is 0.831. The lowest BCUT2D eigenvalue weighted by atomic mass is 10.1. The Balaban J connectivity index is 1.95. The van der Waals surface area contributed by atoms with Crippen LogP contribution in [0.1, 0.15) is 25.6 Å². The average Bonchev–Trinajstić information content (AvgIpc) is 2.77. The number of benzene rings is 1. The Morgan fingerprint density at radius 2 is 1.83 bits per heavy atom. The third kappa shape index (κ3) is 3.95. The topological polar surface area (TPSA) is 21.3 Å². The van der Waals surface area contributed by atoms with Gasteiger partial charge < -0.3 is 0 Å². The third-order valence-corrected chi connectivity index (χ3v) is 3.32. The molecule has 0 saturated heterocycles. The van der Waals surface area contributed by atoms with E-state index in [2.05, 4.69) is 41.2 Å². The maximum atomic E-state index is 5.50. The van der Waals surface area contributed by atoms with Crippen molar-refractivity contribution >= 4 is 11.3 Å². The fraction of sp³-hybridized carbons (Fsp3) is 0.333. The van der Waals surface area contributed by atoms with Gasteiger partial charge in [0, 0.05) is 4.88 Å². The fourth-order valence-electron chi connectivity index (χ4n) is 1.58. The van der Waals surface area contributed by atoms with E-state index in [0.717, 1.165) is 6.54 Å². The highest BCUT2D eigenvalue weighted by Gasteiger charge is 2.10. The molecule has 3 heteroatoms. The second-order valence-corrected chi connectivity index (χ2v) is 6.20. The van der Waals surface area contributed by atoms with Gasteiger partial charge in [0.1, 0.15) is 0 Å². The molecule has 1 N–H and O–H groups in total. The van der Waals surface area contributed by atoms with Gasteiger partial charge in [-0.3, -0.25) is 4.84 Å². The predicted molar refractivity (Wildman–Crippen MR) is 77.4 cm³/mol. The zero-order chi connectivity index (χ0) is 13.0. The number of nitrogens with one attached hydrogen (secondary N) is 1. The smallest absolute Gasteiger partial charge is 0.0813 e. The molecule has 0 bridgehead atoms. The zero-order valence-corrected chi connectivity index (χ0v) is 11.9. The first-order valence-electron chi connectivity index (χ1n) is 6.08. The summed E-state index contributed by atoms with van der Waals surface area (Å²) in [6, 6.07) is 12.6. The normalized spacial score (nSPS) is 11.7. The summed E-state index contributed by atoms with van der Waals surface area (Å²) in [6.45, 7) is 6.84. The van der Waals surface area contributed by atoms with Crippen LogP contribution in [0.25, 0.3) is 11.1 Å². The van der Waals surface area contributed by atoms with E-state index in [1.807, 2.05) is 26.8 Å². The van der Waals surface area contributed by atoms with E-state index in [-0.39, 0.29) is 5.60 Å². The van der Waals surface area contributed by atoms with Gasteiger partial charge in [0.15, 0.2) is 0 Å². The predicted octanol–water partition coefficient (Wildman–Crippen LogP) is 4.23. The van der Waals surface area contributed by atoms with Crippen LogP contribution in [0.15, 0.2) is 41.8 Å². The van der Waals surface area contributed by atoms with Crippen LogP contribution < -0.4 is 5.48 Å². The number of hydrogen-bond acceptors (Lipinski definition) is 3. The van der Waals surface area contributed by atoms with E-state index in [0.29, 0.717) is 0 Å². The fourth-order valence-corrected chi connectivity index (χ4v) is 2.40. The van der Waals surface area contributed by atoms with Crippen LogP contribution in [0.5, 0.6) is 0 Å². The minimum Gasteiger partial charge on any atom is -0.296 e. The van der Waals surface area contributed by atoms with E-state index in [4.69, 9.17) is 4.84 Å². The van der Waals surface area contributed by atoms with E-state index in [1.165, 1.54) is 16.0 Å². The molecule has 0 atom stereocenters. The molecule has 1 aromatic carbocycles. The molecule has 1 aromatic heterocycles. The van der Waals surface area contributed by atoms with E-state index >= 15 is 0 Å². The van der Waals surface area contributed by atoms with Crippen LogP contribution in [-0.4, -0.2) is 5.60 Å². The van der Waals surface area contributed by atoms with Crippen molar-refractivity contribution in [3.05, 3.63) is 46.7 Å². The van der Waals surface area contributed by atoms with Crippen LogP contribution in [0.3, 0.4) is 0 Å². The summed E-state index contributed by atoms with van der Waals surface area (Å²) in [5, 5.41) is 2.18.